The molecule has 0 spiro atoms. The molecular weight excluding hydrogens is 328 g/mol. The lowest BCUT2D eigenvalue weighted by atomic mass is 10.1. The van der Waals surface area contributed by atoms with Gasteiger partial charge in [0.05, 0.1) is 6.10 Å². The van der Waals surface area contributed by atoms with E-state index in [4.69, 9.17) is 11.5 Å². The van der Waals surface area contributed by atoms with Crippen LogP contribution in [0.4, 0.5) is 11.6 Å². The van der Waals surface area contributed by atoms with Crippen molar-refractivity contribution in [3.63, 3.8) is 0 Å². The summed E-state index contributed by atoms with van der Waals surface area (Å²) in [5.74, 6) is 0.646. The molecule has 1 heterocycles. The van der Waals surface area contributed by atoms with Crippen molar-refractivity contribution < 1.29 is 5.11 Å². The zero-order valence-corrected chi connectivity index (χ0v) is 12.6. The predicted molar refractivity (Wildman–Crippen MR) is 79.8 cm³/mol. The first-order valence-corrected chi connectivity index (χ1v) is 7.12. The van der Waals surface area contributed by atoms with Crippen LogP contribution in [0.5, 0.6) is 0 Å². The Morgan fingerprint density at radius 3 is 2.42 bits per heavy atom. The van der Waals surface area contributed by atoms with Gasteiger partial charge in [-0.3, -0.25) is 0 Å². The van der Waals surface area contributed by atoms with E-state index >= 15 is 0 Å². The van der Waals surface area contributed by atoms with Gasteiger partial charge in [0, 0.05) is 15.4 Å². The van der Waals surface area contributed by atoms with Gasteiger partial charge in [-0.1, -0.05) is 22.0 Å². The Hall–Kier alpha value is -1.31. The van der Waals surface area contributed by atoms with Crippen molar-refractivity contribution in [2.24, 2.45) is 0 Å². The average Bonchev–Trinajstić information content (AvgIpc) is 2.26. The number of nitrogen functional groups attached to an aromatic ring is 2. The van der Waals surface area contributed by atoms with E-state index in [9.17, 15) is 5.11 Å². The summed E-state index contributed by atoms with van der Waals surface area (Å²) in [6.45, 7) is 1.71. The maximum atomic E-state index is 9.76. The number of nitrogens with zero attached hydrogens (tertiary/aromatic N) is 2. The van der Waals surface area contributed by atoms with E-state index in [-0.39, 0.29) is 0 Å². The molecule has 0 fully saturated rings. The van der Waals surface area contributed by atoms with Crippen LogP contribution in [-0.2, 0) is 0 Å². The number of nitrogens with two attached hydrogens (primary N) is 2. The fourth-order valence-electron chi connectivity index (χ4n) is 1.55. The van der Waals surface area contributed by atoms with Gasteiger partial charge < -0.3 is 16.6 Å². The highest BCUT2D eigenvalue weighted by Gasteiger charge is 2.12. The van der Waals surface area contributed by atoms with E-state index in [0.29, 0.717) is 16.8 Å². The van der Waals surface area contributed by atoms with Crippen molar-refractivity contribution >= 4 is 39.3 Å². The van der Waals surface area contributed by atoms with Gasteiger partial charge in [0.15, 0.2) is 5.16 Å². The zero-order valence-electron chi connectivity index (χ0n) is 10.2. The molecule has 5 N–H and O–H groups in total. The quantitative estimate of drug-likeness (QED) is 0.743. The minimum absolute atomic E-state index is 0.323. The van der Waals surface area contributed by atoms with E-state index in [2.05, 4.69) is 25.9 Å². The van der Waals surface area contributed by atoms with Crippen LogP contribution in [-0.4, -0.2) is 15.1 Å². The van der Waals surface area contributed by atoms with E-state index in [0.717, 1.165) is 14.9 Å². The lowest BCUT2D eigenvalue weighted by Gasteiger charge is -2.11. The van der Waals surface area contributed by atoms with Crippen LogP contribution >= 0.6 is 27.7 Å². The molecule has 7 heteroatoms. The largest absolute Gasteiger partial charge is 0.389 e. The second-order valence-corrected chi connectivity index (χ2v) is 5.89. The highest BCUT2D eigenvalue weighted by molar-refractivity contribution is 9.10. The van der Waals surface area contributed by atoms with Gasteiger partial charge in [0.25, 0.3) is 0 Å². The summed E-state index contributed by atoms with van der Waals surface area (Å²) in [5.41, 5.74) is 12.1. The van der Waals surface area contributed by atoms with Crippen molar-refractivity contribution in [1.29, 1.82) is 0 Å². The average molecular weight is 341 g/mol. The summed E-state index contributed by atoms with van der Waals surface area (Å²) < 4.78 is 0.913. The summed E-state index contributed by atoms with van der Waals surface area (Å²) in [7, 11) is 0. The first-order chi connectivity index (χ1) is 8.95. The van der Waals surface area contributed by atoms with Crippen LogP contribution in [0, 0.1) is 0 Å². The number of halogens is 1. The van der Waals surface area contributed by atoms with Crippen LogP contribution in [0.3, 0.4) is 0 Å². The summed E-state index contributed by atoms with van der Waals surface area (Å²) in [5, 5.41) is 10.2. The van der Waals surface area contributed by atoms with Crippen molar-refractivity contribution in [3.8, 4) is 0 Å². The maximum Gasteiger partial charge on any atom is 0.196 e. The SMILES string of the molecule is CC(O)c1ccc(Br)cc1Sc1nc(N)cc(N)n1. The number of hydrogen-bond donors (Lipinski definition) is 3. The van der Waals surface area contributed by atoms with Crippen LogP contribution < -0.4 is 11.5 Å². The zero-order chi connectivity index (χ0) is 14.0. The van der Waals surface area contributed by atoms with Crippen molar-refractivity contribution in [3.05, 3.63) is 34.3 Å². The second-order valence-electron chi connectivity index (χ2n) is 3.96. The molecule has 100 valence electrons. The van der Waals surface area contributed by atoms with Crippen LogP contribution in [0.2, 0.25) is 0 Å². The van der Waals surface area contributed by atoms with E-state index in [1.807, 2.05) is 18.2 Å². The van der Waals surface area contributed by atoms with Crippen LogP contribution in [0.1, 0.15) is 18.6 Å². The Bertz CT molecular complexity index is 586. The minimum Gasteiger partial charge on any atom is -0.389 e. The Kier molecular flexibility index (Phi) is 4.28. The first-order valence-electron chi connectivity index (χ1n) is 5.51. The molecule has 1 atom stereocenters. The molecule has 1 unspecified atom stereocenters. The summed E-state index contributed by atoms with van der Waals surface area (Å²) in [4.78, 5) is 9.08. The molecule has 1 aromatic carbocycles. The van der Waals surface area contributed by atoms with Gasteiger partial charge in [0.1, 0.15) is 11.6 Å². The number of hydrogen-bond acceptors (Lipinski definition) is 6. The molecule has 2 aromatic rings. The highest BCUT2D eigenvalue weighted by atomic mass is 79.9. The molecule has 0 bridgehead atoms. The van der Waals surface area contributed by atoms with Gasteiger partial charge >= 0.3 is 0 Å². The Morgan fingerprint density at radius 1 is 1.21 bits per heavy atom. The molecule has 0 radical (unpaired) electrons. The van der Waals surface area contributed by atoms with Crippen LogP contribution in [0.25, 0.3) is 0 Å². The third-order valence-corrected chi connectivity index (χ3v) is 3.80. The summed E-state index contributed by atoms with van der Waals surface area (Å²) in [6.07, 6.45) is -0.575. The number of benzene rings is 1. The molecule has 0 aliphatic carbocycles. The molecule has 2 rings (SSSR count). The van der Waals surface area contributed by atoms with Crippen molar-refractivity contribution in [2.75, 3.05) is 11.5 Å². The molecule has 0 amide bonds. The number of anilines is 2. The molecular formula is C12H13BrN4OS. The maximum absolute atomic E-state index is 9.76. The van der Waals surface area contributed by atoms with Crippen LogP contribution in [0.15, 0.2) is 38.8 Å². The van der Waals surface area contributed by atoms with E-state index < -0.39 is 6.10 Å². The topological polar surface area (TPSA) is 98.0 Å². The Morgan fingerprint density at radius 2 is 1.84 bits per heavy atom. The molecule has 5 nitrogen and oxygen atoms in total. The highest BCUT2D eigenvalue weighted by Crippen LogP contribution is 2.34. The fraction of sp³-hybridized carbons (Fsp3) is 0.167. The van der Waals surface area contributed by atoms with Gasteiger partial charge in [-0.25, -0.2) is 9.97 Å². The minimum atomic E-state index is -0.575. The molecule has 19 heavy (non-hydrogen) atoms. The molecule has 1 aromatic heterocycles. The van der Waals surface area contributed by atoms with Crippen molar-refractivity contribution in [2.45, 2.75) is 23.1 Å². The summed E-state index contributed by atoms with van der Waals surface area (Å²) in [6, 6.07) is 7.13. The molecule has 0 aliphatic heterocycles. The Balaban J connectivity index is 2.39. The third-order valence-electron chi connectivity index (χ3n) is 2.37. The van der Waals surface area contributed by atoms with Crippen molar-refractivity contribution in [1.82, 2.24) is 9.97 Å². The number of rotatable bonds is 3. The third kappa shape index (κ3) is 3.59. The lowest BCUT2D eigenvalue weighted by molar-refractivity contribution is 0.196. The number of aliphatic hydroxyl groups is 1. The van der Waals surface area contributed by atoms with Gasteiger partial charge in [-0.15, -0.1) is 0 Å². The normalized spacial score (nSPS) is 12.4. The number of aliphatic hydroxyl groups excluding tert-OH is 1. The molecule has 0 saturated heterocycles. The van der Waals surface area contributed by atoms with Gasteiger partial charge in [-0.05, 0) is 36.4 Å². The fourth-order valence-corrected chi connectivity index (χ4v) is 3.10. The lowest BCUT2D eigenvalue weighted by Crippen LogP contribution is -2.00. The van der Waals surface area contributed by atoms with E-state index in [1.54, 1.807) is 6.92 Å². The smallest absolute Gasteiger partial charge is 0.196 e. The monoisotopic (exact) mass is 340 g/mol. The molecule has 0 aliphatic rings. The van der Waals surface area contributed by atoms with Gasteiger partial charge in [-0.2, -0.15) is 0 Å². The van der Waals surface area contributed by atoms with E-state index in [1.165, 1.54) is 17.8 Å². The first kappa shape index (κ1) is 14.1. The number of aromatic nitrogens is 2. The molecule has 0 saturated carbocycles. The summed E-state index contributed by atoms with van der Waals surface area (Å²) >= 11 is 4.72. The standard InChI is InChI=1S/C12H13BrN4OS/c1-6(18)8-3-2-7(13)4-9(8)19-12-16-10(14)5-11(15)17-12/h2-6,18H,1H3,(H4,14,15,16,17). The van der Waals surface area contributed by atoms with Gasteiger partial charge in [0.2, 0.25) is 0 Å². The predicted octanol–water partition coefficient (Wildman–Crippen LogP) is 2.61. The second kappa shape index (κ2) is 5.77. The Labute approximate surface area is 123 Å².